The molecule has 0 spiro atoms. The molecule has 2 aromatic carbocycles. The second-order valence-corrected chi connectivity index (χ2v) is 6.82. The molecule has 0 bridgehead atoms. The Balaban J connectivity index is 1.87. The second-order valence-electron chi connectivity index (χ2n) is 6.44. The van der Waals surface area contributed by atoms with Crippen LogP contribution in [0.4, 0.5) is 10.1 Å². The second kappa shape index (κ2) is 10.0. The van der Waals surface area contributed by atoms with Crippen molar-refractivity contribution in [1.29, 1.82) is 0 Å². The molecule has 32 heavy (non-hydrogen) atoms. The van der Waals surface area contributed by atoms with Gasteiger partial charge in [-0.25, -0.2) is 9.18 Å². The molecular formula is C22H19FN2O6S. The van der Waals surface area contributed by atoms with E-state index < -0.39 is 23.6 Å². The number of halogens is 1. The smallest absolute Gasteiger partial charge is 0.344 e. The van der Waals surface area contributed by atoms with E-state index in [1.165, 1.54) is 43.5 Å². The Labute approximate surface area is 188 Å². The molecule has 3 rings (SSSR count). The van der Waals surface area contributed by atoms with E-state index in [-0.39, 0.29) is 29.6 Å². The van der Waals surface area contributed by atoms with E-state index >= 15 is 0 Å². The molecule has 2 aromatic rings. The van der Waals surface area contributed by atoms with Gasteiger partial charge in [-0.15, -0.1) is 0 Å². The van der Waals surface area contributed by atoms with E-state index in [0.717, 1.165) is 4.90 Å². The SMILES string of the molecule is CCOC(=O)COc1ccc(/C=C2\C(=O)NC(=S)N(c3ccc(F)cc3)C2=O)cc1OC. The normalized spacial score (nSPS) is 14.9. The molecule has 1 heterocycles. The molecule has 1 fully saturated rings. The first-order valence-corrected chi connectivity index (χ1v) is 9.88. The van der Waals surface area contributed by atoms with Crippen molar-refractivity contribution in [2.75, 3.05) is 25.2 Å². The molecule has 1 aliphatic heterocycles. The molecule has 0 saturated carbocycles. The Morgan fingerprint density at radius 2 is 1.88 bits per heavy atom. The molecule has 0 unspecified atom stereocenters. The predicted molar refractivity (Wildman–Crippen MR) is 118 cm³/mol. The van der Waals surface area contributed by atoms with Crippen LogP contribution in [0.2, 0.25) is 0 Å². The highest BCUT2D eigenvalue weighted by Crippen LogP contribution is 2.30. The zero-order valence-corrected chi connectivity index (χ0v) is 18.0. The number of carbonyl (C=O) groups is 3. The zero-order chi connectivity index (χ0) is 23.3. The highest BCUT2D eigenvalue weighted by atomic mass is 32.1. The first kappa shape index (κ1) is 22.9. The van der Waals surface area contributed by atoms with Crippen LogP contribution in [0.1, 0.15) is 12.5 Å². The number of nitrogens with zero attached hydrogens (tertiary/aromatic N) is 1. The summed E-state index contributed by atoms with van der Waals surface area (Å²) >= 11 is 5.12. The number of anilines is 1. The minimum Gasteiger partial charge on any atom is -0.493 e. The van der Waals surface area contributed by atoms with Crippen molar-refractivity contribution >= 4 is 46.9 Å². The number of amides is 2. The first-order chi connectivity index (χ1) is 15.3. The molecule has 1 aliphatic rings. The maximum atomic E-state index is 13.3. The number of rotatable bonds is 7. The minimum atomic E-state index is -0.667. The van der Waals surface area contributed by atoms with Gasteiger partial charge in [0.15, 0.2) is 23.2 Å². The summed E-state index contributed by atoms with van der Waals surface area (Å²) in [5.41, 5.74) is 0.605. The van der Waals surface area contributed by atoms with Gasteiger partial charge < -0.3 is 14.2 Å². The summed E-state index contributed by atoms with van der Waals surface area (Å²) in [4.78, 5) is 38.0. The molecule has 0 radical (unpaired) electrons. The topological polar surface area (TPSA) is 94.2 Å². The number of thiocarbonyl (C=S) groups is 1. The highest BCUT2D eigenvalue weighted by molar-refractivity contribution is 7.80. The first-order valence-electron chi connectivity index (χ1n) is 9.47. The van der Waals surface area contributed by atoms with Gasteiger partial charge in [-0.1, -0.05) is 6.07 Å². The molecule has 0 aliphatic carbocycles. The number of esters is 1. The summed E-state index contributed by atoms with van der Waals surface area (Å²) in [6.07, 6.45) is 1.37. The third kappa shape index (κ3) is 5.09. The Morgan fingerprint density at radius 3 is 2.53 bits per heavy atom. The van der Waals surface area contributed by atoms with Gasteiger partial charge in [0.05, 0.1) is 19.4 Å². The molecule has 8 nitrogen and oxygen atoms in total. The molecule has 0 aromatic heterocycles. The summed E-state index contributed by atoms with van der Waals surface area (Å²) in [6, 6.07) is 9.81. The van der Waals surface area contributed by atoms with Crippen LogP contribution >= 0.6 is 12.2 Å². The number of benzene rings is 2. The lowest BCUT2D eigenvalue weighted by atomic mass is 10.1. The Kier molecular flexibility index (Phi) is 7.16. The van der Waals surface area contributed by atoms with Gasteiger partial charge >= 0.3 is 5.97 Å². The monoisotopic (exact) mass is 458 g/mol. The Morgan fingerprint density at radius 1 is 1.16 bits per heavy atom. The number of carbonyl (C=O) groups excluding carboxylic acids is 3. The van der Waals surface area contributed by atoms with Crippen LogP contribution in [0.3, 0.4) is 0 Å². The van der Waals surface area contributed by atoms with Crippen LogP contribution in [0, 0.1) is 5.82 Å². The standard InChI is InChI=1S/C22H19FN2O6S/c1-3-30-19(26)12-31-17-9-4-13(11-18(17)29-2)10-16-20(27)24-22(32)25(21(16)28)15-7-5-14(23)6-8-15/h4-11H,3,12H2,1-2H3,(H,24,27,32)/b16-10+. The summed E-state index contributed by atoms with van der Waals surface area (Å²) in [5, 5.41) is 2.35. The van der Waals surface area contributed by atoms with Gasteiger partial charge in [0.2, 0.25) is 0 Å². The summed E-state index contributed by atoms with van der Waals surface area (Å²) in [6.45, 7) is 1.63. The van der Waals surface area contributed by atoms with E-state index in [0.29, 0.717) is 17.0 Å². The van der Waals surface area contributed by atoms with Gasteiger partial charge in [0.25, 0.3) is 11.8 Å². The quantitative estimate of drug-likeness (QED) is 0.295. The van der Waals surface area contributed by atoms with E-state index in [1.54, 1.807) is 19.1 Å². The van der Waals surface area contributed by atoms with Crippen LogP contribution in [-0.4, -0.2) is 43.2 Å². The fraction of sp³-hybridized carbons (Fsp3) is 0.182. The van der Waals surface area contributed by atoms with Gasteiger partial charge in [-0.05, 0) is 67.2 Å². The maximum Gasteiger partial charge on any atom is 0.344 e. The van der Waals surface area contributed by atoms with Crippen molar-refractivity contribution < 1.29 is 33.0 Å². The molecule has 2 amide bonds. The van der Waals surface area contributed by atoms with Crippen molar-refractivity contribution in [3.8, 4) is 11.5 Å². The number of hydrogen-bond donors (Lipinski definition) is 1. The molecule has 0 atom stereocenters. The number of hydrogen-bond acceptors (Lipinski definition) is 7. The van der Waals surface area contributed by atoms with Crippen molar-refractivity contribution in [3.63, 3.8) is 0 Å². The van der Waals surface area contributed by atoms with Gasteiger partial charge in [0.1, 0.15) is 11.4 Å². The van der Waals surface area contributed by atoms with Crippen LogP contribution in [0.15, 0.2) is 48.0 Å². The lowest BCUT2D eigenvalue weighted by molar-refractivity contribution is -0.145. The van der Waals surface area contributed by atoms with Crippen molar-refractivity contribution in [3.05, 3.63) is 59.4 Å². The van der Waals surface area contributed by atoms with Crippen molar-refractivity contribution in [2.24, 2.45) is 0 Å². The van der Waals surface area contributed by atoms with E-state index in [2.05, 4.69) is 5.32 Å². The van der Waals surface area contributed by atoms with Crippen molar-refractivity contribution in [1.82, 2.24) is 5.32 Å². The fourth-order valence-corrected chi connectivity index (χ4v) is 3.16. The van der Waals surface area contributed by atoms with Gasteiger partial charge in [-0.2, -0.15) is 0 Å². The van der Waals surface area contributed by atoms with Gasteiger partial charge in [-0.3, -0.25) is 19.8 Å². The lowest BCUT2D eigenvalue weighted by Gasteiger charge is -2.28. The largest absolute Gasteiger partial charge is 0.493 e. The number of nitrogens with one attached hydrogen (secondary N) is 1. The van der Waals surface area contributed by atoms with Crippen LogP contribution in [0.5, 0.6) is 11.5 Å². The maximum absolute atomic E-state index is 13.3. The Bertz CT molecular complexity index is 1100. The summed E-state index contributed by atoms with van der Waals surface area (Å²) < 4.78 is 28.8. The third-order valence-electron chi connectivity index (χ3n) is 4.34. The average Bonchev–Trinajstić information content (AvgIpc) is 2.77. The molecule has 10 heteroatoms. The van der Waals surface area contributed by atoms with Gasteiger partial charge in [0, 0.05) is 0 Å². The minimum absolute atomic E-state index is 0.107. The highest BCUT2D eigenvalue weighted by Gasteiger charge is 2.34. The number of methoxy groups -OCH3 is 1. The third-order valence-corrected chi connectivity index (χ3v) is 4.62. The molecule has 166 valence electrons. The number of ether oxygens (including phenoxy) is 3. The molecule has 1 saturated heterocycles. The van der Waals surface area contributed by atoms with E-state index in [1.807, 2.05) is 0 Å². The van der Waals surface area contributed by atoms with E-state index in [9.17, 15) is 18.8 Å². The lowest BCUT2D eigenvalue weighted by Crippen LogP contribution is -2.54. The Hall–Kier alpha value is -3.79. The van der Waals surface area contributed by atoms with Crippen LogP contribution in [0.25, 0.3) is 6.08 Å². The summed E-state index contributed by atoms with van der Waals surface area (Å²) in [5.74, 6) is -1.75. The molecular weight excluding hydrogens is 439 g/mol. The van der Waals surface area contributed by atoms with Crippen molar-refractivity contribution in [2.45, 2.75) is 6.92 Å². The predicted octanol–water partition coefficient (Wildman–Crippen LogP) is 2.61. The van der Waals surface area contributed by atoms with Crippen LogP contribution < -0.4 is 19.7 Å². The average molecular weight is 458 g/mol. The van der Waals surface area contributed by atoms with Crippen LogP contribution in [-0.2, 0) is 19.1 Å². The molecule has 1 N–H and O–H groups in total. The van der Waals surface area contributed by atoms with E-state index in [4.69, 9.17) is 26.4 Å². The fourth-order valence-electron chi connectivity index (χ4n) is 2.88. The summed E-state index contributed by atoms with van der Waals surface area (Å²) in [7, 11) is 1.41. The zero-order valence-electron chi connectivity index (χ0n) is 17.2.